The molecule has 8 nitrogen and oxygen atoms in total. The zero-order chi connectivity index (χ0) is 20.8. The molecule has 0 atom stereocenters. The number of rotatable bonds is 8. The molecule has 0 saturated heterocycles. The van der Waals surface area contributed by atoms with Gasteiger partial charge in [-0.15, -0.1) is 11.3 Å². The van der Waals surface area contributed by atoms with Crippen LogP contribution in [0.5, 0.6) is 0 Å². The highest BCUT2D eigenvalue weighted by Crippen LogP contribution is 2.24. The minimum atomic E-state index is -0.451. The molecule has 1 aromatic carbocycles. The lowest BCUT2D eigenvalue weighted by molar-refractivity contribution is -0.116. The van der Waals surface area contributed by atoms with Gasteiger partial charge in [0.1, 0.15) is 4.83 Å². The van der Waals surface area contributed by atoms with Crippen LogP contribution in [0.15, 0.2) is 40.8 Å². The van der Waals surface area contributed by atoms with Gasteiger partial charge in [0.2, 0.25) is 5.91 Å². The molecule has 0 spiro atoms. The first-order chi connectivity index (χ1) is 14.0. The summed E-state index contributed by atoms with van der Waals surface area (Å²) < 4.78 is 6.44. The number of fused-ring (bicyclic) bond motifs is 1. The summed E-state index contributed by atoms with van der Waals surface area (Å²) in [7, 11) is 0. The number of carbonyl (C=O) groups is 2. The van der Waals surface area contributed by atoms with Crippen LogP contribution >= 0.6 is 11.3 Å². The van der Waals surface area contributed by atoms with Crippen LogP contribution in [-0.4, -0.2) is 34.6 Å². The summed E-state index contributed by atoms with van der Waals surface area (Å²) in [5.74, 6) is -0.727. The predicted molar refractivity (Wildman–Crippen MR) is 114 cm³/mol. The van der Waals surface area contributed by atoms with Crippen LogP contribution in [0.4, 0.5) is 11.4 Å². The molecule has 0 fully saturated rings. The molecule has 0 radical (unpaired) electrons. The molecule has 0 aliphatic carbocycles. The van der Waals surface area contributed by atoms with Gasteiger partial charge in [-0.1, -0.05) is 0 Å². The average Bonchev–Trinajstić information content (AvgIpc) is 3.19. The van der Waals surface area contributed by atoms with Crippen molar-refractivity contribution in [1.29, 1.82) is 0 Å². The topological polar surface area (TPSA) is 102 Å². The van der Waals surface area contributed by atoms with E-state index in [1.807, 2.05) is 12.3 Å². The van der Waals surface area contributed by atoms with E-state index in [0.29, 0.717) is 33.7 Å². The van der Waals surface area contributed by atoms with Crippen LogP contribution < -0.4 is 16.2 Å². The van der Waals surface area contributed by atoms with Crippen LogP contribution in [0.3, 0.4) is 0 Å². The van der Waals surface area contributed by atoms with Crippen molar-refractivity contribution in [2.45, 2.75) is 26.8 Å². The van der Waals surface area contributed by atoms with E-state index in [9.17, 15) is 14.4 Å². The minimum absolute atomic E-state index is 0.0897. The molecule has 2 N–H and O–H groups in total. The molecule has 0 bridgehead atoms. The fourth-order valence-corrected chi connectivity index (χ4v) is 3.54. The number of ether oxygens (including phenoxy) is 1. The van der Waals surface area contributed by atoms with E-state index in [4.69, 9.17) is 4.74 Å². The van der Waals surface area contributed by atoms with Gasteiger partial charge in [0.05, 0.1) is 35.3 Å². The fraction of sp³-hybridized carbons (Fsp3) is 0.300. The number of carbonyl (C=O) groups excluding carboxylic acids is 2. The number of benzene rings is 1. The quantitative estimate of drug-likeness (QED) is 0.549. The van der Waals surface area contributed by atoms with Crippen molar-refractivity contribution in [2.75, 3.05) is 23.8 Å². The van der Waals surface area contributed by atoms with E-state index in [1.54, 1.807) is 31.2 Å². The molecular formula is C20H22N4O4S. The van der Waals surface area contributed by atoms with Gasteiger partial charge >= 0.3 is 5.97 Å². The summed E-state index contributed by atoms with van der Waals surface area (Å²) in [6.45, 7) is 4.80. The number of nitrogens with zero attached hydrogens (tertiary/aromatic N) is 2. The SMILES string of the molecule is CCNc1ccc(C(=O)OCC)cc1NC(=O)CCn1cnc2sccc2c1=O. The Morgan fingerprint density at radius 1 is 1.21 bits per heavy atom. The first-order valence-electron chi connectivity index (χ1n) is 9.31. The van der Waals surface area contributed by atoms with Crippen molar-refractivity contribution < 1.29 is 14.3 Å². The number of aromatic nitrogens is 2. The van der Waals surface area contributed by atoms with Gasteiger partial charge in [-0.05, 0) is 43.5 Å². The largest absolute Gasteiger partial charge is 0.462 e. The molecule has 2 aromatic heterocycles. The number of thiophene rings is 1. The Balaban J connectivity index is 1.72. The van der Waals surface area contributed by atoms with Gasteiger partial charge in [0.15, 0.2) is 0 Å². The first-order valence-corrected chi connectivity index (χ1v) is 10.2. The molecule has 1 amide bonds. The van der Waals surface area contributed by atoms with Crippen molar-refractivity contribution in [1.82, 2.24) is 9.55 Å². The van der Waals surface area contributed by atoms with E-state index in [-0.39, 0.29) is 31.0 Å². The number of aryl methyl sites for hydroxylation is 1. The lowest BCUT2D eigenvalue weighted by Crippen LogP contribution is -2.23. The second-order valence-electron chi connectivity index (χ2n) is 6.19. The zero-order valence-electron chi connectivity index (χ0n) is 16.2. The van der Waals surface area contributed by atoms with Gasteiger partial charge < -0.3 is 15.4 Å². The third-order valence-electron chi connectivity index (χ3n) is 4.20. The Hall–Kier alpha value is -3.20. The summed E-state index contributed by atoms with van der Waals surface area (Å²) in [5.41, 5.74) is 1.38. The molecular weight excluding hydrogens is 392 g/mol. The fourth-order valence-electron chi connectivity index (χ4n) is 2.82. The van der Waals surface area contributed by atoms with Gasteiger partial charge in [0, 0.05) is 19.5 Å². The van der Waals surface area contributed by atoms with E-state index in [2.05, 4.69) is 15.6 Å². The van der Waals surface area contributed by atoms with E-state index >= 15 is 0 Å². The summed E-state index contributed by atoms with van der Waals surface area (Å²) in [4.78, 5) is 41.8. The third kappa shape index (κ3) is 4.80. The van der Waals surface area contributed by atoms with Crippen molar-refractivity contribution in [3.63, 3.8) is 0 Å². The van der Waals surface area contributed by atoms with E-state index in [0.717, 1.165) is 0 Å². The Kier molecular flexibility index (Phi) is 6.61. The van der Waals surface area contributed by atoms with Crippen molar-refractivity contribution in [2.24, 2.45) is 0 Å². The summed E-state index contributed by atoms with van der Waals surface area (Å²) in [6, 6.07) is 6.69. The normalized spacial score (nSPS) is 10.7. The van der Waals surface area contributed by atoms with Gasteiger partial charge in [-0.3, -0.25) is 14.2 Å². The standard InChI is InChI=1S/C20H22N4O4S/c1-3-21-15-6-5-13(20(27)28-4-2)11-16(15)23-17(25)7-9-24-12-22-18-14(19(24)26)8-10-29-18/h5-6,8,10-12,21H,3-4,7,9H2,1-2H3,(H,23,25). The maximum atomic E-state index is 12.5. The highest BCUT2D eigenvalue weighted by molar-refractivity contribution is 7.16. The maximum absolute atomic E-state index is 12.5. The number of nitrogens with one attached hydrogen (secondary N) is 2. The molecule has 0 aliphatic rings. The molecule has 0 saturated carbocycles. The predicted octanol–water partition coefficient (Wildman–Crippen LogP) is 3.10. The number of anilines is 2. The Bertz CT molecular complexity index is 1090. The average molecular weight is 414 g/mol. The Morgan fingerprint density at radius 3 is 2.79 bits per heavy atom. The van der Waals surface area contributed by atoms with Gasteiger partial charge in [0.25, 0.3) is 5.56 Å². The molecule has 3 aromatic rings. The lowest BCUT2D eigenvalue weighted by Gasteiger charge is -2.14. The van der Waals surface area contributed by atoms with E-state index in [1.165, 1.54) is 22.2 Å². The Morgan fingerprint density at radius 2 is 2.03 bits per heavy atom. The summed E-state index contributed by atoms with van der Waals surface area (Å²) in [6.07, 6.45) is 1.55. The molecule has 29 heavy (non-hydrogen) atoms. The minimum Gasteiger partial charge on any atom is -0.462 e. The van der Waals surface area contributed by atoms with Crippen molar-refractivity contribution in [3.05, 3.63) is 51.9 Å². The second-order valence-corrected chi connectivity index (χ2v) is 7.09. The number of hydrogen-bond acceptors (Lipinski definition) is 7. The van der Waals surface area contributed by atoms with E-state index < -0.39 is 5.97 Å². The van der Waals surface area contributed by atoms with Crippen LogP contribution in [0.2, 0.25) is 0 Å². The molecule has 152 valence electrons. The Labute approximate surface area is 171 Å². The monoisotopic (exact) mass is 414 g/mol. The van der Waals surface area contributed by atoms with Crippen LogP contribution in [0.25, 0.3) is 10.2 Å². The smallest absolute Gasteiger partial charge is 0.338 e. The molecule has 0 unspecified atom stereocenters. The number of hydrogen-bond donors (Lipinski definition) is 2. The molecule has 9 heteroatoms. The van der Waals surface area contributed by atoms with Crippen LogP contribution in [-0.2, 0) is 16.1 Å². The van der Waals surface area contributed by atoms with Crippen molar-refractivity contribution in [3.8, 4) is 0 Å². The number of amides is 1. The number of esters is 1. The third-order valence-corrected chi connectivity index (χ3v) is 5.02. The summed E-state index contributed by atoms with van der Waals surface area (Å²) >= 11 is 1.40. The van der Waals surface area contributed by atoms with Crippen LogP contribution in [0, 0.1) is 0 Å². The summed E-state index contributed by atoms with van der Waals surface area (Å²) in [5, 5.41) is 8.33. The zero-order valence-corrected chi connectivity index (χ0v) is 17.0. The van der Waals surface area contributed by atoms with Crippen molar-refractivity contribution >= 4 is 44.8 Å². The van der Waals surface area contributed by atoms with Crippen LogP contribution in [0.1, 0.15) is 30.6 Å². The molecule has 0 aliphatic heterocycles. The lowest BCUT2D eigenvalue weighted by atomic mass is 10.1. The first kappa shape index (κ1) is 20.5. The maximum Gasteiger partial charge on any atom is 0.338 e. The molecule has 3 rings (SSSR count). The molecule has 2 heterocycles. The van der Waals surface area contributed by atoms with Gasteiger partial charge in [-0.2, -0.15) is 0 Å². The van der Waals surface area contributed by atoms with Gasteiger partial charge in [-0.25, -0.2) is 9.78 Å². The highest BCUT2D eigenvalue weighted by Gasteiger charge is 2.13. The second kappa shape index (κ2) is 9.33. The highest BCUT2D eigenvalue weighted by atomic mass is 32.1.